The van der Waals surface area contributed by atoms with Crippen LogP contribution in [0.5, 0.6) is 5.75 Å². The summed E-state index contributed by atoms with van der Waals surface area (Å²) in [7, 11) is 0. The van der Waals surface area contributed by atoms with Crippen molar-refractivity contribution in [3.05, 3.63) is 77.4 Å². The SMILES string of the molecule is O=C([C@H]1[C@H]2CC[C@H](C2)[C@@H]1c1nc(COc2ccccc2)no1)N1Cc2ccccc2C1. The smallest absolute Gasteiger partial charge is 0.230 e. The van der Waals surface area contributed by atoms with E-state index < -0.39 is 0 Å². The fraction of sp³-hybridized carbons (Fsp3) is 0.400. The van der Waals surface area contributed by atoms with E-state index in [4.69, 9.17) is 9.26 Å². The quantitative estimate of drug-likeness (QED) is 0.621. The average molecular weight is 415 g/mol. The van der Waals surface area contributed by atoms with Gasteiger partial charge in [-0.1, -0.05) is 47.6 Å². The van der Waals surface area contributed by atoms with Crippen molar-refractivity contribution in [2.24, 2.45) is 17.8 Å². The second kappa shape index (κ2) is 7.52. The molecule has 158 valence electrons. The van der Waals surface area contributed by atoms with Gasteiger partial charge in [-0.25, -0.2) is 0 Å². The maximum Gasteiger partial charge on any atom is 0.230 e. The molecule has 2 saturated carbocycles. The van der Waals surface area contributed by atoms with E-state index in [2.05, 4.69) is 22.3 Å². The van der Waals surface area contributed by atoms with Crippen molar-refractivity contribution >= 4 is 5.91 Å². The van der Waals surface area contributed by atoms with Crippen molar-refractivity contribution < 1.29 is 14.1 Å². The monoisotopic (exact) mass is 415 g/mol. The highest BCUT2D eigenvalue weighted by Crippen LogP contribution is 2.57. The van der Waals surface area contributed by atoms with Crippen LogP contribution in [0.2, 0.25) is 0 Å². The predicted molar refractivity (Wildman–Crippen MR) is 113 cm³/mol. The number of ether oxygens (including phenoxy) is 1. The van der Waals surface area contributed by atoms with Gasteiger partial charge >= 0.3 is 0 Å². The lowest BCUT2D eigenvalue weighted by molar-refractivity contribution is -0.138. The normalized spacial score (nSPS) is 26.3. The van der Waals surface area contributed by atoms with Crippen molar-refractivity contribution in [2.75, 3.05) is 0 Å². The molecular weight excluding hydrogens is 390 g/mol. The third-order valence-corrected chi connectivity index (χ3v) is 7.23. The van der Waals surface area contributed by atoms with E-state index in [0.29, 0.717) is 36.6 Å². The van der Waals surface area contributed by atoms with Gasteiger partial charge in [-0.3, -0.25) is 4.79 Å². The van der Waals surface area contributed by atoms with Crippen LogP contribution >= 0.6 is 0 Å². The van der Waals surface area contributed by atoms with Crippen LogP contribution in [0.4, 0.5) is 0 Å². The number of nitrogens with zero attached hydrogens (tertiary/aromatic N) is 3. The minimum atomic E-state index is -0.0589. The number of carbonyl (C=O) groups excluding carboxylic acids is 1. The van der Waals surface area contributed by atoms with Crippen LogP contribution in [0.25, 0.3) is 0 Å². The van der Waals surface area contributed by atoms with E-state index in [1.165, 1.54) is 11.1 Å². The molecular formula is C25H25N3O3. The van der Waals surface area contributed by atoms with Gasteiger partial charge in [0, 0.05) is 13.1 Å². The molecule has 0 saturated heterocycles. The van der Waals surface area contributed by atoms with Gasteiger partial charge in [-0.2, -0.15) is 4.98 Å². The third kappa shape index (κ3) is 3.30. The topological polar surface area (TPSA) is 68.5 Å². The molecule has 2 bridgehead atoms. The molecule has 0 N–H and O–H groups in total. The van der Waals surface area contributed by atoms with Crippen molar-refractivity contribution in [3.8, 4) is 5.75 Å². The van der Waals surface area contributed by atoms with Crippen LogP contribution in [0.1, 0.15) is 48.0 Å². The van der Waals surface area contributed by atoms with Crippen LogP contribution in [0.15, 0.2) is 59.1 Å². The Kier molecular flexibility index (Phi) is 4.51. The third-order valence-electron chi connectivity index (χ3n) is 7.23. The van der Waals surface area contributed by atoms with Crippen molar-refractivity contribution in [3.63, 3.8) is 0 Å². The highest BCUT2D eigenvalue weighted by atomic mass is 16.5. The highest BCUT2D eigenvalue weighted by molar-refractivity contribution is 5.81. The first-order valence-corrected chi connectivity index (χ1v) is 11.1. The fourth-order valence-corrected chi connectivity index (χ4v) is 5.83. The largest absolute Gasteiger partial charge is 0.485 e. The van der Waals surface area contributed by atoms with Gasteiger partial charge < -0.3 is 14.2 Å². The summed E-state index contributed by atoms with van der Waals surface area (Å²) < 4.78 is 11.4. The molecule has 2 fully saturated rings. The number of amides is 1. The summed E-state index contributed by atoms with van der Waals surface area (Å²) in [6, 6.07) is 18.0. The molecule has 1 aliphatic heterocycles. The second-order valence-electron chi connectivity index (χ2n) is 9.00. The molecule has 3 aliphatic rings. The first-order chi connectivity index (χ1) is 15.3. The minimum absolute atomic E-state index is 0.0212. The van der Waals surface area contributed by atoms with Crippen molar-refractivity contribution in [1.82, 2.24) is 15.0 Å². The van der Waals surface area contributed by atoms with E-state index >= 15 is 0 Å². The summed E-state index contributed by atoms with van der Waals surface area (Å²) in [6.07, 6.45) is 3.34. The Bertz CT molecular complexity index is 1070. The Morgan fingerprint density at radius 3 is 2.48 bits per heavy atom. The molecule has 0 unspecified atom stereocenters. The standard InChI is InChI=1S/C25H25N3O3/c29-25(28-13-18-6-4-5-7-19(18)14-28)23-17-11-10-16(12-17)22(23)24-26-21(27-31-24)15-30-20-8-2-1-3-9-20/h1-9,16-17,22-23H,10-15H2/t16-,17+,22+,23+/m1/s1. The zero-order valence-electron chi connectivity index (χ0n) is 17.3. The number of fused-ring (bicyclic) bond motifs is 3. The van der Waals surface area contributed by atoms with E-state index in [1.807, 2.05) is 47.4 Å². The zero-order valence-corrected chi connectivity index (χ0v) is 17.3. The number of rotatable bonds is 5. The summed E-state index contributed by atoms with van der Waals surface area (Å²) in [5.74, 6) is 2.98. The molecule has 6 nitrogen and oxygen atoms in total. The Morgan fingerprint density at radius 1 is 1.00 bits per heavy atom. The maximum absolute atomic E-state index is 13.6. The van der Waals surface area contributed by atoms with Crippen molar-refractivity contribution in [2.45, 2.75) is 44.9 Å². The van der Waals surface area contributed by atoms with Gasteiger partial charge in [0.1, 0.15) is 5.75 Å². The number of para-hydroxylation sites is 1. The lowest BCUT2D eigenvalue weighted by atomic mass is 9.78. The lowest BCUT2D eigenvalue weighted by Crippen LogP contribution is -2.38. The first kappa shape index (κ1) is 18.6. The Labute approximate surface area is 181 Å². The Hall–Kier alpha value is -3.15. The van der Waals surface area contributed by atoms with Gasteiger partial charge in [0.15, 0.2) is 6.61 Å². The molecule has 6 heteroatoms. The summed E-state index contributed by atoms with van der Waals surface area (Å²) in [4.78, 5) is 20.3. The zero-order chi connectivity index (χ0) is 20.8. The summed E-state index contributed by atoms with van der Waals surface area (Å²) in [6.45, 7) is 1.67. The number of benzene rings is 2. The van der Waals surface area contributed by atoms with Gasteiger partial charge in [-0.15, -0.1) is 0 Å². The first-order valence-electron chi connectivity index (χ1n) is 11.1. The van der Waals surface area contributed by atoms with Crippen LogP contribution in [-0.4, -0.2) is 20.9 Å². The van der Waals surface area contributed by atoms with E-state index in [1.54, 1.807) is 0 Å². The molecule has 0 radical (unpaired) electrons. The minimum Gasteiger partial charge on any atom is -0.485 e. The van der Waals surface area contributed by atoms with E-state index in [9.17, 15) is 4.79 Å². The second-order valence-corrected chi connectivity index (χ2v) is 9.00. The molecule has 2 aliphatic carbocycles. The summed E-state index contributed by atoms with van der Waals surface area (Å²) >= 11 is 0. The predicted octanol–water partition coefficient (Wildman–Crippen LogP) is 4.32. The van der Waals surface area contributed by atoms with Gasteiger partial charge in [0.05, 0.1) is 11.8 Å². The van der Waals surface area contributed by atoms with Crippen LogP contribution in [0, 0.1) is 17.8 Å². The van der Waals surface area contributed by atoms with Crippen LogP contribution in [-0.2, 0) is 24.5 Å². The molecule has 0 spiro atoms. The number of aromatic nitrogens is 2. The summed E-state index contributed by atoms with van der Waals surface area (Å²) in [5, 5.41) is 4.15. The molecule has 3 aromatic rings. The van der Waals surface area contributed by atoms with Gasteiger partial charge in [0.2, 0.25) is 17.6 Å². The molecule has 2 aromatic carbocycles. The molecule has 4 atom stereocenters. The molecule has 1 aromatic heterocycles. The van der Waals surface area contributed by atoms with Crippen LogP contribution < -0.4 is 4.74 Å². The number of hydrogen-bond donors (Lipinski definition) is 0. The maximum atomic E-state index is 13.6. The van der Waals surface area contributed by atoms with Crippen LogP contribution in [0.3, 0.4) is 0 Å². The molecule has 31 heavy (non-hydrogen) atoms. The number of hydrogen-bond acceptors (Lipinski definition) is 5. The molecule has 1 amide bonds. The molecule has 2 heterocycles. The number of carbonyl (C=O) groups is 1. The Morgan fingerprint density at radius 2 is 1.71 bits per heavy atom. The summed E-state index contributed by atoms with van der Waals surface area (Å²) in [5.41, 5.74) is 2.52. The van der Waals surface area contributed by atoms with Gasteiger partial charge in [0.25, 0.3) is 0 Å². The highest BCUT2D eigenvalue weighted by Gasteiger charge is 2.54. The van der Waals surface area contributed by atoms with E-state index in [0.717, 1.165) is 25.0 Å². The van der Waals surface area contributed by atoms with Crippen molar-refractivity contribution in [1.29, 1.82) is 0 Å². The average Bonchev–Trinajstić information content (AvgIpc) is 3.60. The van der Waals surface area contributed by atoms with E-state index in [-0.39, 0.29) is 24.3 Å². The molecule has 6 rings (SSSR count). The van der Waals surface area contributed by atoms with Gasteiger partial charge in [-0.05, 0) is 54.4 Å². The lowest BCUT2D eigenvalue weighted by Gasteiger charge is -2.31. The fourth-order valence-electron chi connectivity index (χ4n) is 5.83. The Balaban J connectivity index is 1.20.